The monoisotopic (exact) mass is 286 g/mol. The third-order valence-electron chi connectivity index (χ3n) is 3.47. The first-order chi connectivity index (χ1) is 10.2. The number of anilines is 2. The molecular formula is C16H15FN2O2. The average Bonchev–Trinajstić information content (AvgIpc) is 2.72. The molecule has 3 rings (SSSR count). The van der Waals surface area contributed by atoms with E-state index in [0.29, 0.717) is 31.0 Å². The second-order valence-electron chi connectivity index (χ2n) is 4.83. The first-order valence-corrected chi connectivity index (χ1v) is 6.76. The maximum absolute atomic E-state index is 13.6. The van der Waals surface area contributed by atoms with Crippen LogP contribution in [0.15, 0.2) is 42.5 Å². The molecule has 1 aliphatic heterocycles. The molecule has 4 nitrogen and oxygen atoms in total. The van der Waals surface area contributed by atoms with Crippen molar-refractivity contribution in [3.63, 3.8) is 0 Å². The fourth-order valence-corrected chi connectivity index (χ4v) is 2.41. The van der Waals surface area contributed by atoms with Crippen molar-refractivity contribution in [1.82, 2.24) is 0 Å². The van der Waals surface area contributed by atoms with E-state index in [2.05, 4.69) is 0 Å². The maximum Gasteiger partial charge on any atom is 0.260 e. The van der Waals surface area contributed by atoms with E-state index in [1.165, 1.54) is 18.2 Å². The van der Waals surface area contributed by atoms with Crippen molar-refractivity contribution in [1.29, 1.82) is 0 Å². The number of hydrogen-bond donors (Lipinski definition) is 1. The van der Waals surface area contributed by atoms with Gasteiger partial charge in [0, 0.05) is 6.54 Å². The molecule has 0 bridgehead atoms. The molecular weight excluding hydrogens is 271 g/mol. The van der Waals surface area contributed by atoms with Crippen LogP contribution in [0.5, 0.6) is 5.75 Å². The van der Waals surface area contributed by atoms with E-state index in [1.807, 2.05) is 24.3 Å². The summed E-state index contributed by atoms with van der Waals surface area (Å²) in [4.78, 5) is 14.3. The van der Waals surface area contributed by atoms with Crippen molar-refractivity contribution < 1.29 is 13.9 Å². The van der Waals surface area contributed by atoms with Crippen LogP contribution < -0.4 is 15.4 Å². The van der Waals surface area contributed by atoms with E-state index in [9.17, 15) is 9.18 Å². The van der Waals surface area contributed by atoms with Crippen LogP contribution in [0.4, 0.5) is 15.8 Å². The summed E-state index contributed by atoms with van der Waals surface area (Å²) >= 11 is 0. The van der Waals surface area contributed by atoms with Crippen LogP contribution in [0.25, 0.3) is 0 Å². The van der Waals surface area contributed by atoms with Crippen molar-refractivity contribution in [2.24, 2.45) is 0 Å². The minimum absolute atomic E-state index is 0.120. The number of nitrogens with two attached hydrogens (primary N) is 1. The number of ether oxygens (including phenoxy) is 1. The number of nitrogen functional groups attached to an aromatic ring is 1. The van der Waals surface area contributed by atoms with Gasteiger partial charge in [-0.05, 0) is 30.7 Å². The summed E-state index contributed by atoms with van der Waals surface area (Å²) in [7, 11) is 0. The number of carbonyl (C=O) groups is 1. The quantitative estimate of drug-likeness (QED) is 0.820. The van der Waals surface area contributed by atoms with Crippen molar-refractivity contribution in [2.75, 3.05) is 23.8 Å². The summed E-state index contributed by atoms with van der Waals surface area (Å²) < 4.78 is 19.2. The molecule has 0 spiro atoms. The molecule has 1 aliphatic rings. The number of fused-ring (bicyclic) bond motifs is 1. The number of nitrogens with zero attached hydrogens (tertiary/aromatic N) is 1. The van der Waals surface area contributed by atoms with E-state index < -0.39 is 5.82 Å². The molecule has 0 saturated carbocycles. The molecule has 0 radical (unpaired) electrons. The summed E-state index contributed by atoms with van der Waals surface area (Å²) in [5.74, 6) is -0.247. The zero-order chi connectivity index (χ0) is 14.8. The zero-order valence-electron chi connectivity index (χ0n) is 11.4. The van der Waals surface area contributed by atoms with Gasteiger partial charge in [-0.25, -0.2) is 4.39 Å². The number of amides is 1. The molecule has 1 heterocycles. The van der Waals surface area contributed by atoms with E-state index in [4.69, 9.17) is 10.5 Å². The van der Waals surface area contributed by atoms with Crippen LogP contribution in [0, 0.1) is 5.82 Å². The fraction of sp³-hybridized carbons (Fsp3) is 0.188. The van der Waals surface area contributed by atoms with Crippen LogP contribution >= 0.6 is 0 Å². The highest BCUT2D eigenvalue weighted by atomic mass is 19.1. The summed E-state index contributed by atoms with van der Waals surface area (Å²) in [5, 5.41) is 0. The molecule has 0 atom stereocenters. The second kappa shape index (κ2) is 5.44. The number of rotatable bonds is 1. The van der Waals surface area contributed by atoms with Gasteiger partial charge in [-0.15, -0.1) is 0 Å². The van der Waals surface area contributed by atoms with Gasteiger partial charge in [0.15, 0.2) is 0 Å². The predicted octanol–water partition coefficient (Wildman–Crippen LogP) is 2.84. The molecule has 0 fully saturated rings. The SMILES string of the molecule is Nc1c(F)cccc1C(=O)N1CCCOc2ccccc21. The van der Waals surface area contributed by atoms with Crippen molar-refractivity contribution >= 4 is 17.3 Å². The Morgan fingerprint density at radius 1 is 1.19 bits per heavy atom. The van der Waals surface area contributed by atoms with Crippen LogP contribution in [0.2, 0.25) is 0 Å². The maximum atomic E-state index is 13.6. The van der Waals surface area contributed by atoms with E-state index in [0.717, 1.165) is 0 Å². The Hall–Kier alpha value is -2.56. The highest BCUT2D eigenvalue weighted by Crippen LogP contribution is 2.32. The molecule has 0 unspecified atom stereocenters. The number of halogens is 1. The van der Waals surface area contributed by atoms with Gasteiger partial charge < -0.3 is 15.4 Å². The number of hydrogen-bond acceptors (Lipinski definition) is 3. The topological polar surface area (TPSA) is 55.6 Å². The summed E-state index contributed by atoms with van der Waals surface area (Å²) in [6.07, 6.45) is 0.704. The molecule has 2 aromatic carbocycles. The van der Waals surface area contributed by atoms with E-state index in [1.54, 1.807) is 4.90 Å². The normalized spacial score (nSPS) is 14.0. The summed E-state index contributed by atoms with van der Waals surface area (Å²) in [6, 6.07) is 11.6. The lowest BCUT2D eigenvalue weighted by Gasteiger charge is -2.22. The number of carbonyl (C=O) groups excluding carboxylic acids is 1. The van der Waals surface area contributed by atoms with Crippen molar-refractivity contribution in [3.8, 4) is 5.75 Å². The molecule has 108 valence electrons. The molecule has 1 amide bonds. The van der Waals surface area contributed by atoms with Crippen molar-refractivity contribution in [3.05, 3.63) is 53.8 Å². The minimum Gasteiger partial charge on any atom is -0.491 e. The number of benzene rings is 2. The molecule has 0 aliphatic carbocycles. The fourth-order valence-electron chi connectivity index (χ4n) is 2.41. The zero-order valence-corrected chi connectivity index (χ0v) is 11.4. The predicted molar refractivity (Wildman–Crippen MR) is 79.0 cm³/mol. The van der Waals surface area contributed by atoms with Crippen molar-refractivity contribution in [2.45, 2.75) is 6.42 Å². The third kappa shape index (κ3) is 2.42. The lowest BCUT2D eigenvalue weighted by Crippen LogP contribution is -2.32. The van der Waals surface area contributed by atoms with Crippen LogP contribution in [-0.4, -0.2) is 19.1 Å². The van der Waals surface area contributed by atoms with Gasteiger partial charge in [0.2, 0.25) is 0 Å². The highest BCUT2D eigenvalue weighted by molar-refractivity contribution is 6.10. The third-order valence-corrected chi connectivity index (χ3v) is 3.47. The lowest BCUT2D eigenvalue weighted by molar-refractivity contribution is 0.0987. The molecule has 21 heavy (non-hydrogen) atoms. The largest absolute Gasteiger partial charge is 0.491 e. The highest BCUT2D eigenvalue weighted by Gasteiger charge is 2.25. The first kappa shape index (κ1) is 13.4. The van der Waals surface area contributed by atoms with E-state index in [-0.39, 0.29) is 17.2 Å². The molecule has 0 aromatic heterocycles. The summed E-state index contributed by atoms with van der Waals surface area (Å²) in [6.45, 7) is 1.05. The van der Waals surface area contributed by atoms with Gasteiger partial charge in [-0.3, -0.25) is 4.79 Å². The molecule has 2 N–H and O–H groups in total. The van der Waals surface area contributed by atoms with Gasteiger partial charge in [0.05, 0.1) is 23.5 Å². The summed E-state index contributed by atoms with van der Waals surface area (Å²) in [5.41, 5.74) is 6.43. The smallest absolute Gasteiger partial charge is 0.260 e. The Bertz CT molecular complexity index is 688. The average molecular weight is 286 g/mol. The minimum atomic E-state index is -0.583. The first-order valence-electron chi connectivity index (χ1n) is 6.76. The number of para-hydroxylation sites is 3. The van der Waals surface area contributed by atoms with Gasteiger partial charge in [0.1, 0.15) is 11.6 Å². The molecule has 0 saturated heterocycles. The molecule has 2 aromatic rings. The standard InChI is InChI=1S/C16H15FN2O2/c17-12-6-3-5-11(15(12)18)16(20)19-9-4-10-21-14-8-2-1-7-13(14)19/h1-3,5-8H,4,9-10,18H2. The van der Waals surface area contributed by atoms with Gasteiger partial charge in [-0.1, -0.05) is 18.2 Å². The Labute approximate surface area is 121 Å². The van der Waals surface area contributed by atoms with Gasteiger partial charge in [-0.2, -0.15) is 0 Å². The van der Waals surface area contributed by atoms with E-state index >= 15 is 0 Å². The Kier molecular flexibility index (Phi) is 3.48. The molecule has 5 heteroatoms. The Morgan fingerprint density at radius 2 is 2.00 bits per heavy atom. The van der Waals surface area contributed by atoms with Crippen LogP contribution in [0.3, 0.4) is 0 Å². The Balaban J connectivity index is 2.03. The van der Waals surface area contributed by atoms with Gasteiger partial charge >= 0.3 is 0 Å². The van der Waals surface area contributed by atoms with Crippen LogP contribution in [0.1, 0.15) is 16.8 Å². The van der Waals surface area contributed by atoms with Gasteiger partial charge in [0.25, 0.3) is 5.91 Å². The Morgan fingerprint density at radius 3 is 2.86 bits per heavy atom. The second-order valence-corrected chi connectivity index (χ2v) is 4.83. The van der Waals surface area contributed by atoms with Crippen LogP contribution in [-0.2, 0) is 0 Å². The lowest BCUT2D eigenvalue weighted by atomic mass is 10.1.